The van der Waals surface area contributed by atoms with Gasteiger partial charge in [0.25, 0.3) is 0 Å². The fourth-order valence-electron chi connectivity index (χ4n) is 8.64. The van der Waals surface area contributed by atoms with Crippen LogP contribution in [0.4, 0.5) is 19.0 Å². The maximum Gasteiger partial charge on any atom is 0.319 e. The smallest absolute Gasteiger partial charge is 0.319 e. The van der Waals surface area contributed by atoms with Crippen LogP contribution in [-0.4, -0.2) is 65.5 Å². The monoisotopic (exact) mass is 612 g/mol. The van der Waals surface area contributed by atoms with E-state index in [1.165, 1.54) is 6.07 Å². The second-order valence-electron chi connectivity index (χ2n) is 13.7. The van der Waals surface area contributed by atoms with E-state index < -0.39 is 17.5 Å². The Bertz CT molecular complexity index is 1650. The summed E-state index contributed by atoms with van der Waals surface area (Å²) in [6.07, 6.45) is 2.85. The minimum absolute atomic E-state index is 0.0260. The molecule has 0 spiro atoms. The van der Waals surface area contributed by atoms with Gasteiger partial charge in [-0.05, 0) is 72.7 Å². The summed E-state index contributed by atoms with van der Waals surface area (Å²) in [7, 11) is 0. The summed E-state index contributed by atoms with van der Waals surface area (Å²) in [5.41, 5.74) is 1.82. The highest BCUT2D eigenvalue weighted by atomic mass is 35.5. The third-order valence-corrected chi connectivity index (χ3v) is 11.3. The van der Waals surface area contributed by atoms with Crippen LogP contribution in [0.5, 0.6) is 11.8 Å². The van der Waals surface area contributed by atoms with Crippen LogP contribution in [0.25, 0.3) is 22.0 Å². The lowest BCUT2D eigenvalue weighted by Gasteiger charge is -2.31. The number of alkyl halides is 1. The highest BCUT2D eigenvalue weighted by Gasteiger charge is 2.49. The lowest BCUT2D eigenvalue weighted by atomic mass is 9.89. The summed E-state index contributed by atoms with van der Waals surface area (Å²) in [5, 5.41) is 0.583. The minimum Gasteiger partial charge on any atom is -0.489 e. The zero-order valence-electron chi connectivity index (χ0n) is 24.7. The fourth-order valence-corrected chi connectivity index (χ4v) is 8.98. The van der Waals surface area contributed by atoms with E-state index in [-0.39, 0.29) is 52.4 Å². The maximum absolute atomic E-state index is 17.0. The molecule has 43 heavy (non-hydrogen) atoms. The molecular weight excluding hydrogens is 577 g/mol. The van der Waals surface area contributed by atoms with Crippen LogP contribution < -0.4 is 14.4 Å². The Morgan fingerprint density at radius 2 is 2.00 bits per heavy atom. The molecule has 5 aliphatic rings. The summed E-state index contributed by atoms with van der Waals surface area (Å²) in [6.45, 7) is 8.93. The molecule has 4 aliphatic heterocycles. The van der Waals surface area contributed by atoms with Crippen molar-refractivity contribution in [3.8, 4) is 22.9 Å². The highest BCUT2D eigenvalue weighted by Crippen LogP contribution is 2.52. The molecule has 2 unspecified atom stereocenters. The first kappa shape index (κ1) is 27.7. The number of nitrogens with zero attached hydrogens (tertiary/aromatic N) is 4. The average Bonchev–Trinajstić information content (AvgIpc) is 3.68. The molecule has 10 heteroatoms. The molecule has 0 saturated carbocycles. The number of hydrogen-bond donors (Lipinski definition) is 0. The summed E-state index contributed by atoms with van der Waals surface area (Å²) in [4.78, 5) is 13.9. The van der Waals surface area contributed by atoms with Crippen LogP contribution in [-0.2, 0) is 6.42 Å². The first-order valence-corrected chi connectivity index (χ1v) is 16.0. The maximum atomic E-state index is 17.0. The van der Waals surface area contributed by atoms with Crippen molar-refractivity contribution in [3.05, 3.63) is 39.9 Å². The van der Waals surface area contributed by atoms with Crippen molar-refractivity contribution in [1.29, 1.82) is 0 Å². The van der Waals surface area contributed by atoms with Gasteiger partial charge in [-0.2, -0.15) is 9.97 Å². The Balaban J connectivity index is 1.31. The van der Waals surface area contributed by atoms with E-state index >= 15 is 4.39 Å². The lowest BCUT2D eigenvalue weighted by molar-refractivity contribution is 0.107. The average molecular weight is 613 g/mol. The van der Waals surface area contributed by atoms with Crippen molar-refractivity contribution in [2.45, 2.75) is 76.5 Å². The third-order valence-electron chi connectivity index (χ3n) is 10.9. The number of rotatable bonds is 4. The number of benzene rings is 2. The molecule has 0 N–H and O–H groups in total. The number of hydrogen-bond acceptors (Lipinski definition) is 6. The van der Waals surface area contributed by atoms with E-state index in [4.69, 9.17) is 26.1 Å². The Morgan fingerprint density at radius 3 is 2.84 bits per heavy atom. The van der Waals surface area contributed by atoms with Crippen molar-refractivity contribution in [1.82, 2.24) is 14.9 Å². The Morgan fingerprint density at radius 1 is 1.16 bits per heavy atom. The van der Waals surface area contributed by atoms with E-state index in [1.807, 2.05) is 0 Å². The second kappa shape index (κ2) is 9.86. The first-order valence-electron chi connectivity index (χ1n) is 15.6. The molecule has 0 radical (unpaired) electrons. The van der Waals surface area contributed by atoms with E-state index in [0.29, 0.717) is 60.0 Å². The van der Waals surface area contributed by atoms with Crippen LogP contribution in [0.1, 0.15) is 63.5 Å². The van der Waals surface area contributed by atoms with Crippen molar-refractivity contribution in [2.24, 2.45) is 11.8 Å². The number of anilines is 1. The van der Waals surface area contributed by atoms with Crippen molar-refractivity contribution in [2.75, 3.05) is 37.7 Å². The normalized spacial score (nSPS) is 31.2. The summed E-state index contributed by atoms with van der Waals surface area (Å²) >= 11 is 7.07. The molecule has 3 aromatic rings. The van der Waals surface area contributed by atoms with Gasteiger partial charge < -0.3 is 14.4 Å². The molecule has 1 aromatic heterocycles. The SMILES string of the molecule is CC1Cc2c(F)ccc(-c3c(Cl)c4c5c(nc(OC[C@@]67CCCN6C[C@H](F)C7)nc5c3F)N3C[C@H](C)C[C@H]3CO4)c2C1C. The summed E-state index contributed by atoms with van der Waals surface area (Å²) < 4.78 is 59.1. The van der Waals surface area contributed by atoms with Gasteiger partial charge >= 0.3 is 6.01 Å². The van der Waals surface area contributed by atoms with E-state index in [2.05, 4.69) is 35.6 Å². The van der Waals surface area contributed by atoms with Gasteiger partial charge in [-0.3, -0.25) is 4.90 Å². The molecule has 5 heterocycles. The molecule has 8 rings (SSSR count). The van der Waals surface area contributed by atoms with Gasteiger partial charge in [0.05, 0.1) is 22.0 Å². The third kappa shape index (κ3) is 4.09. The molecule has 6 nitrogen and oxygen atoms in total. The molecule has 1 aliphatic carbocycles. The lowest BCUT2D eigenvalue weighted by Crippen LogP contribution is -2.43. The van der Waals surface area contributed by atoms with Crippen molar-refractivity contribution in [3.63, 3.8) is 0 Å². The van der Waals surface area contributed by atoms with Crippen LogP contribution >= 0.6 is 11.6 Å². The molecule has 0 amide bonds. The van der Waals surface area contributed by atoms with E-state index in [0.717, 1.165) is 37.9 Å². The minimum atomic E-state index is -0.887. The van der Waals surface area contributed by atoms with Crippen molar-refractivity contribution >= 4 is 28.3 Å². The Kier molecular flexibility index (Phi) is 6.36. The number of fused-ring (bicyclic) bond motifs is 4. The topological polar surface area (TPSA) is 50.7 Å². The quantitative estimate of drug-likeness (QED) is 0.314. The zero-order chi connectivity index (χ0) is 29.8. The van der Waals surface area contributed by atoms with Gasteiger partial charge in [0.2, 0.25) is 0 Å². The molecule has 3 saturated heterocycles. The summed E-state index contributed by atoms with van der Waals surface area (Å²) in [6, 6.07) is 3.14. The molecule has 0 bridgehead atoms. The first-order chi connectivity index (χ1) is 20.6. The zero-order valence-corrected chi connectivity index (χ0v) is 25.5. The second-order valence-corrected chi connectivity index (χ2v) is 14.0. The molecule has 2 aromatic carbocycles. The number of aromatic nitrogens is 2. The predicted octanol–water partition coefficient (Wildman–Crippen LogP) is 7.09. The van der Waals surface area contributed by atoms with Crippen LogP contribution in [0.15, 0.2) is 12.1 Å². The summed E-state index contributed by atoms with van der Waals surface area (Å²) in [5.74, 6) is 0.666. The van der Waals surface area contributed by atoms with Gasteiger partial charge in [-0.25, -0.2) is 13.2 Å². The fraction of sp³-hybridized carbons (Fsp3) is 0.576. The van der Waals surface area contributed by atoms with E-state index in [1.54, 1.807) is 6.07 Å². The van der Waals surface area contributed by atoms with Crippen LogP contribution in [0.3, 0.4) is 0 Å². The van der Waals surface area contributed by atoms with Crippen LogP contribution in [0.2, 0.25) is 5.02 Å². The standard InChI is InChI=1S/C33H36ClF3N4O2/c1-16-9-20-14-42-30-26-29(28(37)25(27(30)34)21-5-6-23(36)22-10-17(2)18(3)24(21)22)38-32(39-31(26)41(20)12-16)43-15-33-7-4-8-40(33)13-19(35)11-33/h5-6,16-20H,4,7-15H2,1-3H3/t16-,17?,18?,19-,20+,33+/m1/s1. The van der Waals surface area contributed by atoms with Gasteiger partial charge in [0, 0.05) is 25.1 Å². The molecule has 228 valence electrons. The Hall–Kier alpha value is -2.78. The van der Waals surface area contributed by atoms with Crippen molar-refractivity contribution < 1.29 is 22.6 Å². The molecular formula is C33H36ClF3N4O2. The van der Waals surface area contributed by atoms with Gasteiger partial charge in [-0.1, -0.05) is 38.4 Å². The Labute approximate surface area is 254 Å². The van der Waals surface area contributed by atoms with Crippen LogP contribution in [0, 0.1) is 23.5 Å². The van der Waals surface area contributed by atoms with Gasteiger partial charge in [0.1, 0.15) is 36.5 Å². The predicted molar refractivity (Wildman–Crippen MR) is 160 cm³/mol. The molecule has 6 atom stereocenters. The van der Waals surface area contributed by atoms with E-state index in [9.17, 15) is 8.78 Å². The largest absolute Gasteiger partial charge is 0.489 e. The molecule has 3 fully saturated rings. The number of ether oxygens (including phenoxy) is 2. The highest BCUT2D eigenvalue weighted by molar-refractivity contribution is 6.36. The van der Waals surface area contributed by atoms with Gasteiger partial charge in [0.15, 0.2) is 11.6 Å². The van der Waals surface area contributed by atoms with Gasteiger partial charge in [-0.15, -0.1) is 0 Å². The number of halogens is 4.